The fourth-order valence-electron chi connectivity index (χ4n) is 2.27. The summed E-state index contributed by atoms with van der Waals surface area (Å²) in [5.74, 6) is -0.184. The Morgan fingerprint density at radius 1 is 0.909 bits per heavy atom. The van der Waals surface area contributed by atoms with Crippen LogP contribution in [-0.2, 0) is 14.3 Å². The summed E-state index contributed by atoms with van der Waals surface area (Å²) >= 11 is 0. The van der Waals surface area contributed by atoms with Crippen LogP contribution in [0.4, 0.5) is 0 Å². The van der Waals surface area contributed by atoms with Crippen molar-refractivity contribution in [3.05, 3.63) is 0 Å². The van der Waals surface area contributed by atoms with Gasteiger partial charge in [0.1, 0.15) is 6.04 Å². The van der Waals surface area contributed by atoms with E-state index in [1.807, 2.05) is 0 Å². The molecule has 0 aliphatic carbocycles. The van der Waals surface area contributed by atoms with E-state index in [0.717, 1.165) is 51.4 Å². The molecule has 4 heteroatoms. The third kappa shape index (κ3) is 9.06. The van der Waals surface area contributed by atoms with E-state index in [2.05, 4.69) is 20.8 Å². The van der Waals surface area contributed by atoms with Crippen LogP contribution in [0.25, 0.3) is 0 Å². The molecule has 4 nitrogen and oxygen atoms in total. The zero-order valence-electron chi connectivity index (χ0n) is 15.0. The maximum absolute atomic E-state index is 12.4. The van der Waals surface area contributed by atoms with Crippen molar-refractivity contribution < 1.29 is 14.3 Å². The van der Waals surface area contributed by atoms with Crippen molar-refractivity contribution in [2.45, 2.75) is 91.5 Å². The van der Waals surface area contributed by atoms with Gasteiger partial charge in [-0.1, -0.05) is 52.9 Å². The fraction of sp³-hybridized carbons (Fsp3) is 0.889. The number of hydrogen-bond acceptors (Lipinski definition) is 3. The van der Waals surface area contributed by atoms with Gasteiger partial charge in [0, 0.05) is 13.0 Å². The first kappa shape index (κ1) is 20.9. The minimum atomic E-state index is -0.470. The zero-order chi connectivity index (χ0) is 16.8. The lowest BCUT2D eigenvalue weighted by molar-refractivity contribution is -0.154. The summed E-state index contributed by atoms with van der Waals surface area (Å²) in [7, 11) is 0. The molecular formula is C18H35NO3. The van der Waals surface area contributed by atoms with Crippen LogP contribution in [0.1, 0.15) is 85.5 Å². The van der Waals surface area contributed by atoms with Crippen LogP contribution in [0.15, 0.2) is 0 Å². The lowest BCUT2D eigenvalue weighted by Gasteiger charge is -2.28. The summed E-state index contributed by atoms with van der Waals surface area (Å²) in [4.78, 5) is 26.2. The Morgan fingerprint density at radius 2 is 1.55 bits per heavy atom. The van der Waals surface area contributed by atoms with E-state index in [4.69, 9.17) is 4.74 Å². The minimum Gasteiger partial charge on any atom is -0.464 e. The molecule has 0 aromatic rings. The van der Waals surface area contributed by atoms with Crippen LogP contribution in [-0.4, -0.2) is 36.0 Å². The standard InChI is InChI=1S/C18H35NO3/c1-5-8-11-12-13-17(20)19(14-9-6-2)16(4)18(21)22-15-10-7-3/h16H,5-15H2,1-4H3. The van der Waals surface area contributed by atoms with Gasteiger partial charge >= 0.3 is 5.97 Å². The molecule has 22 heavy (non-hydrogen) atoms. The van der Waals surface area contributed by atoms with E-state index in [-0.39, 0.29) is 11.9 Å². The highest BCUT2D eigenvalue weighted by Crippen LogP contribution is 2.11. The number of rotatable bonds is 13. The van der Waals surface area contributed by atoms with Crippen LogP contribution >= 0.6 is 0 Å². The molecule has 0 fully saturated rings. The molecule has 1 unspecified atom stereocenters. The highest BCUT2D eigenvalue weighted by Gasteiger charge is 2.26. The summed E-state index contributed by atoms with van der Waals surface area (Å²) in [6.45, 7) is 9.19. The highest BCUT2D eigenvalue weighted by atomic mass is 16.5. The van der Waals surface area contributed by atoms with Gasteiger partial charge in [-0.25, -0.2) is 4.79 Å². The van der Waals surface area contributed by atoms with Crippen LogP contribution in [0.3, 0.4) is 0 Å². The second kappa shape index (κ2) is 13.6. The third-order valence-electron chi connectivity index (χ3n) is 3.87. The van der Waals surface area contributed by atoms with Gasteiger partial charge in [0.15, 0.2) is 0 Å². The lowest BCUT2D eigenvalue weighted by atomic mass is 10.1. The Kier molecular flexibility index (Phi) is 12.9. The topological polar surface area (TPSA) is 46.6 Å². The summed E-state index contributed by atoms with van der Waals surface area (Å²) < 4.78 is 5.27. The maximum atomic E-state index is 12.4. The molecule has 0 bridgehead atoms. The Balaban J connectivity index is 4.45. The Labute approximate surface area is 136 Å². The normalized spacial score (nSPS) is 12.0. The monoisotopic (exact) mass is 313 g/mol. The molecule has 0 aromatic heterocycles. The second-order valence-electron chi connectivity index (χ2n) is 5.95. The lowest BCUT2D eigenvalue weighted by Crippen LogP contribution is -2.44. The minimum absolute atomic E-state index is 0.0875. The molecule has 0 aromatic carbocycles. The molecule has 130 valence electrons. The molecule has 0 N–H and O–H groups in total. The molecule has 0 heterocycles. The molecule has 0 saturated heterocycles. The molecule has 0 aliphatic rings. The summed E-state index contributed by atoms with van der Waals surface area (Å²) in [6.07, 6.45) is 8.66. The van der Waals surface area contributed by atoms with Gasteiger partial charge in [-0.2, -0.15) is 0 Å². The van der Waals surface area contributed by atoms with Crippen LogP contribution < -0.4 is 0 Å². The third-order valence-corrected chi connectivity index (χ3v) is 3.87. The van der Waals surface area contributed by atoms with E-state index in [9.17, 15) is 9.59 Å². The molecular weight excluding hydrogens is 278 g/mol. The van der Waals surface area contributed by atoms with Gasteiger partial charge in [0.2, 0.25) is 5.91 Å². The summed E-state index contributed by atoms with van der Waals surface area (Å²) in [5.41, 5.74) is 0. The van der Waals surface area contributed by atoms with Crippen molar-refractivity contribution in [1.82, 2.24) is 4.90 Å². The van der Waals surface area contributed by atoms with Gasteiger partial charge in [0.25, 0.3) is 0 Å². The average Bonchev–Trinajstić information content (AvgIpc) is 2.51. The van der Waals surface area contributed by atoms with E-state index in [1.54, 1.807) is 11.8 Å². The number of nitrogens with zero attached hydrogens (tertiary/aromatic N) is 1. The average molecular weight is 313 g/mol. The Morgan fingerprint density at radius 3 is 2.14 bits per heavy atom. The highest BCUT2D eigenvalue weighted by molar-refractivity contribution is 5.84. The predicted molar refractivity (Wildman–Crippen MR) is 90.7 cm³/mol. The van der Waals surface area contributed by atoms with Crippen LogP contribution in [0, 0.1) is 0 Å². The second-order valence-corrected chi connectivity index (χ2v) is 5.95. The van der Waals surface area contributed by atoms with Crippen molar-refractivity contribution in [2.75, 3.05) is 13.2 Å². The molecule has 0 saturated carbocycles. The smallest absolute Gasteiger partial charge is 0.328 e. The predicted octanol–water partition coefficient (Wildman–Crippen LogP) is 4.32. The summed E-state index contributed by atoms with van der Waals surface area (Å²) in [6, 6.07) is -0.470. The molecule has 0 radical (unpaired) electrons. The van der Waals surface area contributed by atoms with E-state index in [0.29, 0.717) is 19.6 Å². The number of carbonyl (C=O) groups is 2. The molecule has 1 amide bonds. The quantitative estimate of drug-likeness (QED) is 0.376. The van der Waals surface area contributed by atoms with Gasteiger partial charge in [-0.15, -0.1) is 0 Å². The van der Waals surface area contributed by atoms with Gasteiger partial charge in [0.05, 0.1) is 6.61 Å². The zero-order valence-corrected chi connectivity index (χ0v) is 15.0. The number of amides is 1. The summed E-state index contributed by atoms with van der Waals surface area (Å²) in [5, 5.41) is 0. The Bertz CT molecular complexity index is 305. The maximum Gasteiger partial charge on any atom is 0.328 e. The van der Waals surface area contributed by atoms with E-state index >= 15 is 0 Å². The van der Waals surface area contributed by atoms with Crippen LogP contribution in [0.5, 0.6) is 0 Å². The largest absolute Gasteiger partial charge is 0.464 e. The number of esters is 1. The van der Waals surface area contributed by atoms with Crippen LogP contribution in [0.2, 0.25) is 0 Å². The first-order chi connectivity index (χ1) is 10.6. The molecule has 0 rings (SSSR count). The van der Waals surface area contributed by atoms with E-state index < -0.39 is 6.04 Å². The Hall–Kier alpha value is -1.06. The SMILES string of the molecule is CCCCCCC(=O)N(CCCC)C(C)C(=O)OCCCC. The van der Waals surface area contributed by atoms with Crippen molar-refractivity contribution in [3.63, 3.8) is 0 Å². The number of carbonyl (C=O) groups excluding carboxylic acids is 2. The first-order valence-electron chi connectivity index (χ1n) is 9.04. The molecule has 1 atom stereocenters. The fourth-order valence-corrected chi connectivity index (χ4v) is 2.27. The number of ether oxygens (including phenoxy) is 1. The van der Waals surface area contributed by atoms with Gasteiger partial charge < -0.3 is 9.64 Å². The van der Waals surface area contributed by atoms with Gasteiger partial charge in [-0.05, 0) is 26.2 Å². The number of unbranched alkanes of at least 4 members (excludes halogenated alkanes) is 5. The van der Waals surface area contributed by atoms with E-state index in [1.165, 1.54) is 0 Å². The van der Waals surface area contributed by atoms with Gasteiger partial charge in [-0.3, -0.25) is 4.79 Å². The molecule has 0 aliphatic heterocycles. The van der Waals surface area contributed by atoms with Crippen molar-refractivity contribution in [1.29, 1.82) is 0 Å². The van der Waals surface area contributed by atoms with Crippen molar-refractivity contribution in [3.8, 4) is 0 Å². The van der Waals surface area contributed by atoms with Crippen molar-refractivity contribution in [2.24, 2.45) is 0 Å². The molecule has 0 spiro atoms. The number of hydrogen-bond donors (Lipinski definition) is 0. The van der Waals surface area contributed by atoms with Crippen molar-refractivity contribution >= 4 is 11.9 Å². The first-order valence-corrected chi connectivity index (χ1v) is 9.04.